The zero-order chi connectivity index (χ0) is 18.9. The Bertz CT molecular complexity index is 714. The van der Waals surface area contributed by atoms with Crippen LogP contribution in [0.3, 0.4) is 0 Å². The van der Waals surface area contributed by atoms with Gasteiger partial charge in [0.15, 0.2) is 0 Å². The van der Waals surface area contributed by atoms with Crippen molar-refractivity contribution in [3.8, 4) is 0 Å². The van der Waals surface area contributed by atoms with E-state index in [-0.39, 0.29) is 6.03 Å². The number of hydrogen-bond acceptors (Lipinski definition) is 4. The molecule has 2 amide bonds. The number of benzene rings is 1. The first-order valence-electron chi connectivity index (χ1n) is 9.79. The highest BCUT2D eigenvalue weighted by molar-refractivity contribution is 7.10. The van der Waals surface area contributed by atoms with Crippen molar-refractivity contribution < 1.29 is 9.53 Å². The number of carbonyl (C=O) groups excluding carboxylic acids is 1. The van der Waals surface area contributed by atoms with Gasteiger partial charge in [0.25, 0.3) is 0 Å². The number of hydrogen-bond donors (Lipinski definition) is 2. The molecule has 0 atom stereocenters. The van der Waals surface area contributed by atoms with Gasteiger partial charge in [-0.05, 0) is 60.5 Å². The first-order valence-corrected chi connectivity index (χ1v) is 10.7. The van der Waals surface area contributed by atoms with Crippen LogP contribution in [0.25, 0.3) is 0 Å². The van der Waals surface area contributed by atoms with Crippen LogP contribution >= 0.6 is 11.3 Å². The monoisotopic (exact) mass is 387 g/mol. The third kappa shape index (κ3) is 5.97. The van der Waals surface area contributed by atoms with Gasteiger partial charge in [0.05, 0.1) is 0 Å². The molecule has 1 aromatic carbocycles. The molecule has 0 unspecified atom stereocenters. The number of ether oxygens (including phenoxy) is 1. The van der Waals surface area contributed by atoms with Gasteiger partial charge in [0.1, 0.15) is 0 Å². The van der Waals surface area contributed by atoms with E-state index in [1.807, 2.05) is 23.5 Å². The lowest BCUT2D eigenvalue weighted by Crippen LogP contribution is -2.30. The molecule has 0 saturated carbocycles. The van der Waals surface area contributed by atoms with Gasteiger partial charge in [-0.25, -0.2) is 4.79 Å². The van der Waals surface area contributed by atoms with Crippen molar-refractivity contribution in [2.45, 2.75) is 39.2 Å². The Morgan fingerprint density at radius 3 is 2.81 bits per heavy atom. The quantitative estimate of drug-likeness (QED) is 0.616. The third-order valence-corrected chi connectivity index (χ3v) is 5.71. The van der Waals surface area contributed by atoms with E-state index in [2.05, 4.69) is 46.0 Å². The Balaban J connectivity index is 1.38. The summed E-state index contributed by atoms with van der Waals surface area (Å²) in [6, 6.07) is 10.1. The summed E-state index contributed by atoms with van der Waals surface area (Å²) in [6.45, 7) is 6.27. The third-order valence-electron chi connectivity index (χ3n) is 4.69. The van der Waals surface area contributed by atoms with Gasteiger partial charge in [0.2, 0.25) is 0 Å². The van der Waals surface area contributed by atoms with Crippen LogP contribution in [0.5, 0.6) is 0 Å². The first kappa shape index (κ1) is 19.7. The summed E-state index contributed by atoms with van der Waals surface area (Å²) in [4.78, 5) is 15.9. The zero-order valence-corrected chi connectivity index (χ0v) is 16.8. The lowest BCUT2D eigenvalue weighted by atomic mass is 10.1. The summed E-state index contributed by atoms with van der Waals surface area (Å²) in [6.07, 6.45) is 4.18. The number of unbranched alkanes of at least 4 members (excludes halogenated alkanes) is 1. The number of rotatable bonds is 9. The Morgan fingerprint density at radius 1 is 1.19 bits per heavy atom. The average molecular weight is 388 g/mol. The number of nitrogens with one attached hydrogen (secondary N) is 2. The number of thiophene rings is 1. The van der Waals surface area contributed by atoms with E-state index in [1.165, 1.54) is 16.1 Å². The van der Waals surface area contributed by atoms with Crippen molar-refractivity contribution in [1.29, 1.82) is 0 Å². The number of carbonyl (C=O) groups is 1. The minimum Gasteiger partial charge on any atom is -0.381 e. The van der Waals surface area contributed by atoms with Crippen LogP contribution < -0.4 is 15.5 Å². The van der Waals surface area contributed by atoms with E-state index >= 15 is 0 Å². The largest absolute Gasteiger partial charge is 0.381 e. The first-order chi connectivity index (χ1) is 13.3. The summed E-state index contributed by atoms with van der Waals surface area (Å²) in [7, 11) is 0. The van der Waals surface area contributed by atoms with Gasteiger partial charge in [-0.3, -0.25) is 0 Å². The van der Waals surface area contributed by atoms with Crippen LogP contribution in [0.2, 0.25) is 0 Å². The maximum atomic E-state index is 12.0. The standard InChI is InChI=1S/C21H29N3O2S/c1-2-3-13-26-14-4-11-22-21(25)23-18-5-7-19(8-6-18)24-12-9-20-17(16-24)10-15-27-20/h5-8,10,15H,2-4,9,11-14,16H2,1H3,(H2,22,23,25). The van der Waals surface area contributed by atoms with Crippen LogP contribution in [-0.2, 0) is 17.7 Å². The lowest BCUT2D eigenvalue weighted by Gasteiger charge is -2.29. The molecule has 3 rings (SSSR count). The van der Waals surface area contributed by atoms with Gasteiger partial charge in [-0.2, -0.15) is 0 Å². The fourth-order valence-electron chi connectivity index (χ4n) is 3.12. The van der Waals surface area contributed by atoms with Crippen molar-refractivity contribution in [3.63, 3.8) is 0 Å². The minimum absolute atomic E-state index is 0.169. The molecule has 2 heterocycles. The molecule has 1 aromatic heterocycles. The van der Waals surface area contributed by atoms with Crippen molar-refractivity contribution >= 4 is 28.7 Å². The van der Waals surface area contributed by atoms with Crippen molar-refractivity contribution in [1.82, 2.24) is 5.32 Å². The molecule has 0 radical (unpaired) electrons. The second-order valence-corrected chi connectivity index (χ2v) is 7.79. The molecule has 1 aliphatic rings. The van der Waals surface area contributed by atoms with Gasteiger partial charge in [0, 0.05) is 49.1 Å². The number of amides is 2. The summed E-state index contributed by atoms with van der Waals surface area (Å²) in [5.74, 6) is 0. The molecule has 0 bridgehead atoms. The van der Waals surface area contributed by atoms with Crippen LogP contribution in [0.4, 0.5) is 16.2 Å². The number of nitrogens with zero attached hydrogens (tertiary/aromatic N) is 1. The second kappa shape index (κ2) is 10.3. The Hall–Kier alpha value is -2.05. The minimum atomic E-state index is -0.169. The molecule has 6 heteroatoms. The fraction of sp³-hybridized carbons (Fsp3) is 0.476. The molecule has 27 heavy (non-hydrogen) atoms. The van der Waals surface area contributed by atoms with E-state index in [9.17, 15) is 4.79 Å². The summed E-state index contributed by atoms with van der Waals surface area (Å²) >= 11 is 1.86. The maximum absolute atomic E-state index is 12.0. The van der Waals surface area contributed by atoms with E-state index in [4.69, 9.17) is 4.74 Å². The van der Waals surface area contributed by atoms with Crippen LogP contribution in [0.1, 0.15) is 36.6 Å². The number of urea groups is 1. The smallest absolute Gasteiger partial charge is 0.319 e. The van der Waals surface area contributed by atoms with Crippen LogP contribution in [-0.4, -0.2) is 32.3 Å². The van der Waals surface area contributed by atoms with Crippen molar-refractivity contribution in [2.24, 2.45) is 0 Å². The molecular weight excluding hydrogens is 358 g/mol. The number of anilines is 2. The fourth-order valence-corrected chi connectivity index (χ4v) is 4.01. The predicted octanol–water partition coefficient (Wildman–Crippen LogP) is 4.64. The van der Waals surface area contributed by atoms with E-state index in [1.54, 1.807) is 0 Å². The number of fused-ring (bicyclic) bond motifs is 1. The summed E-state index contributed by atoms with van der Waals surface area (Å²) < 4.78 is 5.49. The Labute approximate surface area is 165 Å². The highest BCUT2D eigenvalue weighted by atomic mass is 32.1. The normalized spacial score (nSPS) is 13.3. The highest BCUT2D eigenvalue weighted by Crippen LogP contribution is 2.28. The zero-order valence-electron chi connectivity index (χ0n) is 16.0. The maximum Gasteiger partial charge on any atom is 0.319 e. The van der Waals surface area contributed by atoms with E-state index < -0.39 is 0 Å². The van der Waals surface area contributed by atoms with Gasteiger partial charge < -0.3 is 20.3 Å². The molecule has 5 nitrogen and oxygen atoms in total. The van der Waals surface area contributed by atoms with Gasteiger partial charge in [-0.15, -0.1) is 11.3 Å². The summed E-state index contributed by atoms with van der Waals surface area (Å²) in [5.41, 5.74) is 3.44. The molecule has 1 aliphatic heterocycles. The molecular formula is C21H29N3O2S. The van der Waals surface area contributed by atoms with Gasteiger partial charge >= 0.3 is 6.03 Å². The topological polar surface area (TPSA) is 53.6 Å². The Kier molecular flexibility index (Phi) is 7.54. The molecule has 146 valence electrons. The van der Waals surface area contributed by atoms with Gasteiger partial charge in [-0.1, -0.05) is 13.3 Å². The van der Waals surface area contributed by atoms with Crippen molar-refractivity contribution in [2.75, 3.05) is 36.5 Å². The predicted molar refractivity (Wildman–Crippen MR) is 113 cm³/mol. The van der Waals surface area contributed by atoms with Crippen LogP contribution in [0.15, 0.2) is 35.7 Å². The summed E-state index contributed by atoms with van der Waals surface area (Å²) in [5, 5.41) is 7.93. The lowest BCUT2D eigenvalue weighted by molar-refractivity contribution is 0.129. The molecule has 2 N–H and O–H groups in total. The average Bonchev–Trinajstić information content (AvgIpc) is 3.16. The molecule has 2 aromatic rings. The van der Waals surface area contributed by atoms with E-state index in [0.29, 0.717) is 13.2 Å². The van der Waals surface area contributed by atoms with Crippen molar-refractivity contribution in [3.05, 3.63) is 46.2 Å². The molecule has 0 spiro atoms. The SMILES string of the molecule is CCCCOCCCNC(=O)Nc1ccc(N2CCc3sccc3C2)cc1. The van der Waals surface area contributed by atoms with E-state index in [0.717, 1.165) is 51.1 Å². The second-order valence-electron chi connectivity index (χ2n) is 6.79. The molecule has 0 aliphatic carbocycles. The molecule has 0 fully saturated rings. The molecule has 0 saturated heterocycles. The van der Waals surface area contributed by atoms with Crippen LogP contribution in [0, 0.1) is 0 Å². The highest BCUT2D eigenvalue weighted by Gasteiger charge is 2.17. The Morgan fingerprint density at radius 2 is 2.00 bits per heavy atom.